The van der Waals surface area contributed by atoms with E-state index in [1.54, 1.807) is 0 Å². The van der Waals surface area contributed by atoms with Gasteiger partial charge in [-0.2, -0.15) is 13.2 Å². The van der Waals surface area contributed by atoms with E-state index in [1.165, 1.54) is 16.8 Å². The normalized spacial score (nSPS) is 14.7. The van der Waals surface area contributed by atoms with Crippen LogP contribution < -0.4 is 5.32 Å². The smallest absolute Gasteiger partial charge is 0.416 e. The van der Waals surface area contributed by atoms with Gasteiger partial charge in [-0.1, -0.05) is 16.4 Å². The molecule has 2 N–H and O–H groups in total. The summed E-state index contributed by atoms with van der Waals surface area (Å²) in [7, 11) is 0. The number of carbonyl (C=O) groups excluding carboxylic acids is 1. The molecule has 0 unspecified atom stereocenters. The van der Waals surface area contributed by atoms with E-state index in [-0.39, 0.29) is 11.4 Å². The number of halogens is 3. The first kappa shape index (κ1) is 15.3. The van der Waals surface area contributed by atoms with Gasteiger partial charge in [0.05, 0.1) is 5.56 Å². The molecule has 0 saturated heterocycles. The number of benzene rings is 1. The van der Waals surface area contributed by atoms with Gasteiger partial charge in [0, 0.05) is 12.2 Å². The summed E-state index contributed by atoms with van der Waals surface area (Å²) >= 11 is 0. The molecule has 1 aliphatic carbocycles. The fraction of sp³-hybridized carbons (Fsp3) is 0.357. The molecule has 0 radical (unpaired) electrons. The van der Waals surface area contributed by atoms with Crippen LogP contribution in [0.25, 0.3) is 0 Å². The van der Waals surface area contributed by atoms with Crippen LogP contribution in [-0.2, 0) is 12.7 Å². The van der Waals surface area contributed by atoms with E-state index in [2.05, 4.69) is 15.6 Å². The second-order valence-electron chi connectivity index (χ2n) is 5.42. The molecule has 2 aromatic rings. The number of carbonyl (C=O) groups is 1. The number of hydrogen-bond donors (Lipinski definition) is 2. The van der Waals surface area contributed by atoms with Crippen molar-refractivity contribution in [2.24, 2.45) is 5.92 Å². The average Bonchev–Trinajstić information content (AvgIpc) is 3.21. The Hall–Kier alpha value is -2.58. The molecule has 1 aromatic heterocycles. The van der Waals surface area contributed by atoms with Gasteiger partial charge in [0.2, 0.25) is 0 Å². The number of nitrogens with zero attached hydrogens (tertiary/aromatic N) is 3. The summed E-state index contributed by atoms with van der Waals surface area (Å²) in [6, 6.07) is 4.26. The zero-order valence-corrected chi connectivity index (χ0v) is 11.8. The lowest BCUT2D eigenvalue weighted by atomic mass is 10.2. The van der Waals surface area contributed by atoms with Gasteiger partial charge < -0.3 is 10.4 Å². The monoisotopic (exact) mass is 326 g/mol. The number of alkyl halides is 3. The van der Waals surface area contributed by atoms with Crippen molar-refractivity contribution in [3.8, 4) is 5.88 Å². The van der Waals surface area contributed by atoms with Crippen molar-refractivity contribution in [1.82, 2.24) is 15.0 Å². The molecular formula is C14H13F3N4O2. The maximum atomic E-state index is 12.7. The minimum absolute atomic E-state index is 0.0246. The minimum atomic E-state index is -4.50. The van der Waals surface area contributed by atoms with Gasteiger partial charge in [0.1, 0.15) is 0 Å². The predicted octanol–water partition coefficient (Wildman–Crippen LogP) is 2.66. The molecule has 0 bridgehead atoms. The molecule has 3 rings (SSSR count). The van der Waals surface area contributed by atoms with Gasteiger partial charge in [-0.15, -0.1) is 0 Å². The van der Waals surface area contributed by atoms with Crippen molar-refractivity contribution < 1.29 is 23.1 Å². The lowest BCUT2D eigenvalue weighted by Gasteiger charge is -2.10. The van der Waals surface area contributed by atoms with Crippen molar-refractivity contribution in [1.29, 1.82) is 0 Å². The molecule has 23 heavy (non-hydrogen) atoms. The summed E-state index contributed by atoms with van der Waals surface area (Å²) in [5.74, 6) is -0.918. The summed E-state index contributed by atoms with van der Waals surface area (Å²) < 4.78 is 39.3. The van der Waals surface area contributed by atoms with Gasteiger partial charge in [0.25, 0.3) is 11.8 Å². The number of amides is 1. The van der Waals surface area contributed by atoms with Crippen LogP contribution >= 0.6 is 0 Å². The Morgan fingerprint density at radius 3 is 2.78 bits per heavy atom. The topological polar surface area (TPSA) is 80.0 Å². The summed E-state index contributed by atoms with van der Waals surface area (Å²) in [5, 5.41) is 19.1. The summed E-state index contributed by atoms with van der Waals surface area (Å²) in [5.41, 5.74) is -1.05. The SMILES string of the molecule is O=C(Nc1cccc(C(F)(F)F)c1)c1c(O)nnn1CC1CC1. The molecule has 1 saturated carbocycles. The Morgan fingerprint density at radius 2 is 2.13 bits per heavy atom. The molecule has 0 atom stereocenters. The number of anilines is 1. The first-order valence-electron chi connectivity index (χ1n) is 6.95. The standard InChI is InChI=1S/C14H13F3N4O2/c15-14(16,17)9-2-1-3-10(6-9)18-12(22)11-13(23)19-20-21(11)7-8-4-5-8/h1-3,6,8,23H,4-5,7H2,(H,18,22). The fourth-order valence-corrected chi connectivity index (χ4v) is 2.16. The van der Waals surface area contributed by atoms with Crippen LogP contribution in [0.15, 0.2) is 24.3 Å². The summed E-state index contributed by atoms with van der Waals surface area (Å²) in [4.78, 5) is 12.2. The molecule has 0 aliphatic heterocycles. The van der Waals surface area contributed by atoms with E-state index in [0.29, 0.717) is 12.5 Å². The highest BCUT2D eigenvalue weighted by atomic mass is 19.4. The zero-order chi connectivity index (χ0) is 16.6. The molecule has 6 nitrogen and oxygen atoms in total. The number of aromatic nitrogens is 3. The van der Waals surface area contributed by atoms with Crippen LogP contribution in [-0.4, -0.2) is 26.0 Å². The van der Waals surface area contributed by atoms with E-state index < -0.39 is 23.5 Å². The largest absolute Gasteiger partial charge is 0.491 e. The zero-order valence-electron chi connectivity index (χ0n) is 11.8. The van der Waals surface area contributed by atoms with Gasteiger partial charge >= 0.3 is 6.18 Å². The summed E-state index contributed by atoms with van der Waals surface area (Å²) in [6.07, 6.45) is -2.48. The van der Waals surface area contributed by atoms with Crippen molar-refractivity contribution in [2.45, 2.75) is 25.6 Å². The summed E-state index contributed by atoms with van der Waals surface area (Å²) in [6.45, 7) is 0.443. The Balaban J connectivity index is 1.81. The van der Waals surface area contributed by atoms with Gasteiger partial charge in [-0.25, -0.2) is 4.68 Å². The van der Waals surface area contributed by atoms with Crippen molar-refractivity contribution in [2.75, 3.05) is 5.32 Å². The van der Waals surface area contributed by atoms with E-state index in [9.17, 15) is 23.1 Å². The molecule has 1 aliphatic rings. The quantitative estimate of drug-likeness (QED) is 0.905. The van der Waals surface area contributed by atoms with Crippen LogP contribution in [0.1, 0.15) is 28.9 Å². The number of hydrogen-bond acceptors (Lipinski definition) is 4. The second-order valence-corrected chi connectivity index (χ2v) is 5.42. The highest BCUT2D eigenvalue weighted by Crippen LogP contribution is 2.32. The van der Waals surface area contributed by atoms with Crippen LogP contribution in [0.5, 0.6) is 5.88 Å². The van der Waals surface area contributed by atoms with Crippen LogP contribution in [0, 0.1) is 5.92 Å². The highest BCUT2D eigenvalue weighted by Gasteiger charge is 2.31. The van der Waals surface area contributed by atoms with E-state index in [4.69, 9.17) is 0 Å². The Labute approximate surface area is 128 Å². The Morgan fingerprint density at radius 1 is 1.39 bits per heavy atom. The third kappa shape index (κ3) is 3.43. The van der Waals surface area contributed by atoms with E-state index >= 15 is 0 Å². The van der Waals surface area contributed by atoms with Gasteiger partial charge in [-0.3, -0.25) is 4.79 Å². The number of aromatic hydroxyl groups is 1. The lowest BCUT2D eigenvalue weighted by molar-refractivity contribution is -0.137. The first-order chi connectivity index (χ1) is 10.8. The molecule has 1 aromatic carbocycles. The van der Waals surface area contributed by atoms with E-state index in [1.807, 2.05) is 0 Å². The van der Waals surface area contributed by atoms with Crippen LogP contribution in [0.3, 0.4) is 0 Å². The molecule has 1 amide bonds. The molecule has 1 heterocycles. The number of rotatable bonds is 4. The van der Waals surface area contributed by atoms with Crippen molar-refractivity contribution >= 4 is 11.6 Å². The van der Waals surface area contributed by atoms with Crippen LogP contribution in [0.2, 0.25) is 0 Å². The van der Waals surface area contributed by atoms with Crippen molar-refractivity contribution in [3.05, 3.63) is 35.5 Å². The lowest BCUT2D eigenvalue weighted by Crippen LogP contribution is -2.19. The maximum Gasteiger partial charge on any atom is 0.416 e. The third-order valence-corrected chi connectivity index (χ3v) is 3.51. The van der Waals surface area contributed by atoms with Crippen LogP contribution in [0.4, 0.5) is 18.9 Å². The van der Waals surface area contributed by atoms with Gasteiger partial charge in [-0.05, 0) is 37.0 Å². The van der Waals surface area contributed by atoms with E-state index in [0.717, 1.165) is 25.0 Å². The van der Waals surface area contributed by atoms with Gasteiger partial charge in [0.15, 0.2) is 5.69 Å². The average molecular weight is 326 g/mol. The highest BCUT2D eigenvalue weighted by molar-refractivity contribution is 6.04. The molecular weight excluding hydrogens is 313 g/mol. The third-order valence-electron chi connectivity index (χ3n) is 3.51. The number of nitrogens with one attached hydrogen (secondary N) is 1. The molecule has 122 valence electrons. The maximum absolute atomic E-state index is 12.7. The second kappa shape index (κ2) is 5.56. The molecule has 1 fully saturated rings. The molecule has 9 heteroatoms. The predicted molar refractivity (Wildman–Crippen MR) is 73.8 cm³/mol. The van der Waals surface area contributed by atoms with Crippen molar-refractivity contribution in [3.63, 3.8) is 0 Å². The minimum Gasteiger partial charge on any atom is -0.491 e. The Kier molecular flexibility index (Phi) is 3.70. The molecule has 0 spiro atoms. The fourth-order valence-electron chi connectivity index (χ4n) is 2.16. The Bertz CT molecular complexity index is 738. The first-order valence-corrected chi connectivity index (χ1v) is 6.95.